The number of nitrogens with zero attached hydrogens (tertiary/aromatic N) is 3. The molecule has 0 unspecified atom stereocenters. The zero-order valence-corrected chi connectivity index (χ0v) is 8.60. The molecule has 0 atom stereocenters. The Bertz CT molecular complexity index is 341. The van der Waals surface area contributed by atoms with Crippen LogP contribution >= 0.6 is 0 Å². The first-order chi connectivity index (χ1) is 6.68. The third kappa shape index (κ3) is 1.78. The Kier molecular flexibility index (Phi) is 2.27. The van der Waals surface area contributed by atoms with E-state index in [1.54, 1.807) is 6.20 Å². The molecule has 0 spiro atoms. The van der Waals surface area contributed by atoms with E-state index in [-0.39, 0.29) is 5.91 Å². The first-order valence-corrected chi connectivity index (χ1v) is 4.92. The number of imidazole rings is 1. The first-order valence-electron chi connectivity index (χ1n) is 4.92. The van der Waals surface area contributed by atoms with Crippen LogP contribution in [-0.4, -0.2) is 33.4 Å². The molecule has 0 N–H and O–H groups in total. The molecular formula is C10H15N3O. The van der Waals surface area contributed by atoms with Crippen molar-refractivity contribution in [1.29, 1.82) is 0 Å². The number of likely N-dealkylation sites (N-methyl/N-ethyl adjacent to an activating group) is 1. The largest absolute Gasteiger partial charge is 0.341 e. The van der Waals surface area contributed by atoms with Crippen molar-refractivity contribution in [1.82, 2.24) is 14.5 Å². The summed E-state index contributed by atoms with van der Waals surface area (Å²) in [6.45, 7) is 2.32. The Morgan fingerprint density at radius 2 is 2.43 bits per heavy atom. The Hall–Kier alpha value is -1.32. The summed E-state index contributed by atoms with van der Waals surface area (Å²) in [7, 11) is 1.88. The van der Waals surface area contributed by atoms with Crippen LogP contribution in [0.5, 0.6) is 0 Å². The molecule has 2 rings (SSSR count). The fourth-order valence-electron chi connectivity index (χ4n) is 1.49. The van der Waals surface area contributed by atoms with Gasteiger partial charge in [-0.1, -0.05) is 0 Å². The van der Waals surface area contributed by atoms with Crippen molar-refractivity contribution in [2.45, 2.75) is 32.4 Å². The molecule has 0 saturated heterocycles. The van der Waals surface area contributed by atoms with E-state index in [2.05, 4.69) is 4.98 Å². The lowest BCUT2D eigenvalue weighted by molar-refractivity contribution is -0.131. The van der Waals surface area contributed by atoms with Crippen molar-refractivity contribution in [3.05, 3.63) is 18.2 Å². The van der Waals surface area contributed by atoms with Gasteiger partial charge in [-0.2, -0.15) is 0 Å². The second kappa shape index (κ2) is 3.44. The molecule has 1 saturated carbocycles. The zero-order chi connectivity index (χ0) is 10.1. The Labute approximate surface area is 83.5 Å². The quantitative estimate of drug-likeness (QED) is 0.712. The van der Waals surface area contributed by atoms with E-state index >= 15 is 0 Å². The highest BCUT2D eigenvalue weighted by Gasteiger charge is 2.29. The molecule has 0 aliphatic heterocycles. The summed E-state index contributed by atoms with van der Waals surface area (Å²) in [4.78, 5) is 17.6. The number of hydrogen-bond donors (Lipinski definition) is 0. The number of hydrogen-bond acceptors (Lipinski definition) is 2. The van der Waals surface area contributed by atoms with Crippen LogP contribution in [0.4, 0.5) is 0 Å². The van der Waals surface area contributed by atoms with E-state index in [0.29, 0.717) is 12.6 Å². The van der Waals surface area contributed by atoms with Crippen molar-refractivity contribution in [3.63, 3.8) is 0 Å². The highest BCUT2D eigenvalue weighted by Crippen LogP contribution is 2.25. The van der Waals surface area contributed by atoms with Crippen LogP contribution in [0.15, 0.2) is 12.4 Å². The minimum absolute atomic E-state index is 0.175. The van der Waals surface area contributed by atoms with Crippen molar-refractivity contribution < 1.29 is 4.79 Å². The molecule has 1 aliphatic carbocycles. The van der Waals surface area contributed by atoms with E-state index in [9.17, 15) is 4.79 Å². The third-order valence-corrected chi connectivity index (χ3v) is 2.72. The molecule has 1 fully saturated rings. The molecule has 14 heavy (non-hydrogen) atoms. The molecule has 1 aromatic heterocycles. The van der Waals surface area contributed by atoms with E-state index in [1.807, 2.05) is 29.6 Å². The molecule has 0 radical (unpaired) electrons. The van der Waals surface area contributed by atoms with E-state index in [0.717, 1.165) is 18.7 Å². The number of aromatic nitrogens is 2. The normalized spacial score (nSPS) is 15.6. The second-order valence-electron chi connectivity index (χ2n) is 3.84. The van der Waals surface area contributed by atoms with Crippen LogP contribution in [-0.2, 0) is 11.3 Å². The summed E-state index contributed by atoms with van der Waals surface area (Å²) in [5.74, 6) is 1.07. The van der Waals surface area contributed by atoms with Gasteiger partial charge in [0.15, 0.2) is 0 Å². The molecule has 0 aromatic carbocycles. The van der Waals surface area contributed by atoms with Crippen LogP contribution < -0.4 is 0 Å². The van der Waals surface area contributed by atoms with Gasteiger partial charge in [-0.25, -0.2) is 4.98 Å². The van der Waals surface area contributed by atoms with Crippen molar-refractivity contribution >= 4 is 5.91 Å². The molecule has 1 aliphatic rings. The molecule has 0 bridgehead atoms. The SMILES string of the molecule is Cc1nccn1CC(=O)N(C)C1CC1. The van der Waals surface area contributed by atoms with Gasteiger partial charge in [0, 0.05) is 25.5 Å². The Balaban J connectivity index is 1.97. The van der Waals surface area contributed by atoms with Gasteiger partial charge in [-0.15, -0.1) is 0 Å². The number of carbonyl (C=O) groups is 1. The van der Waals surface area contributed by atoms with Gasteiger partial charge >= 0.3 is 0 Å². The molecular weight excluding hydrogens is 178 g/mol. The van der Waals surface area contributed by atoms with E-state index < -0.39 is 0 Å². The fourth-order valence-corrected chi connectivity index (χ4v) is 1.49. The summed E-state index contributed by atoms with van der Waals surface area (Å²) >= 11 is 0. The van der Waals surface area contributed by atoms with Gasteiger partial charge in [0.2, 0.25) is 5.91 Å². The zero-order valence-electron chi connectivity index (χ0n) is 8.60. The average molecular weight is 193 g/mol. The topological polar surface area (TPSA) is 38.1 Å². The first kappa shape index (κ1) is 9.24. The fraction of sp³-hybridized carbons (Fsp3) is 0.600. The maximum Gasteiger partial charge on any atom is 0.242 e. The van der Waals surface area contributed by atoms with E-state index in [4.69, 9.17) is 0 Å². The van der Waals surface area contributed by atoms with Gasteiger partial charge < -0.3 is 9.47 Å². The Morgan fingerprint density at radius 3 is 2.93 bits per heavy atom. The third-order valence-electron chi connectivity index (χ3n) is 2.72. The predicted octanol–water partition coefficient (Wildman–Crippen LogP) is 0.812. The van der Waals surface area contributed by atoms with Crippen LogP contribution in [0.1, 0.15) is 18.7 Å². The monoisotopic (exact) mass is 193 g/mol. The summed E-state index contributed by atoms with van der Waals surface area (Å²) in [6, 6.07) is 0.492. The molecule has 76 valence electrons. The molecule has 1 aromatic rings. The highest BCUT2D eigenvalue weighted by atomic mass is 16.2. The van der Waals surface area contributed by atoms with Crippen molar-refractivity contribution in [2.75, 3.05) is 7.05 Å². The van der Waals surface area contributed by atoms with E-state index in [1.165, 1.54) is 0 Å². The minimum atomic E-state index is 0.175. The lowest BCUT2D eigenvalue weighted by Crippen LogP contribution is -2.32. The minimum Gasteiger partial charge on any atom is -0.341 e. The van der Waals surface area contributed by atoms with Crippen molar-refractivity contribution in [2.24, 2.45) is 0 Å². The van der Waals surface area contributed by atoms with Crippen LogP contribution in [0.25, 0.3) is 0 Å². The van der Waals surface area contributed by atoms with Crippen LogP contribution in [0.3, 0.4) is 0 Å². The number of carbonyl (C=O) groups excluding carboxylic acids is 1. The lowest BCUT2D eigenvalue weighted by atomic mass is 10.4. The van der Waals surface area contributed by atoms with Crippen LogP contribution in [0.2, 0.25) is 0 Å². The standard InChI is InChI=1S/C10H15N3O/c1-8-11-5-6-13(8)7-10(14)12(2)9-3-4-9/h5-6,9H,3-4,7H2,1-2H3. The smallest absolute Gasteiger partial charge is 0.242 e. The number of rotatable bonds is 3. The summed E-state index contributed by atoms with van der Waals surface area (Å²) in [5.41, 5.74) is 0. The molecule has 1 heterocycles. The highest BCUT2D eigenvalue weighted by molar-refractivity contribution is 5.76. The molecule has 4 nitrogen and oxygen atoms in total. The van der Waals surface area contributed by atoms with Gasteiger partial charge in [0.1, 0.15) is 12.4 Å². The maximum atomic E-state index is 11.7. The van der Waals surface area contributed by atoms with Crippen LogP contribution in [0, 0.1) is 6.92 Å². The summed E-state index contributed by atoms with van der Waals surface area (Å²) < 4.78 is 1.88. The summed E-state index contributed by atoms with van der Waals surface area (Å²) in [5, 5.41) is 0. The second-order valence-corrected chi connectivity index (χ2v) is 3.84. The number of aryl methyl sites for hydroxylation is 1. The van der Waals surface area contributed by atoms with Gasteiger partial charge in [-0.3, -0.25) is 4.79 Å². The van der Waals surface area contributed by atoms with Gasteiger partial charge in [0.25, 0.3) is 0 Å². The lowest BCUT2D eigenvalue weighted by Gasteiger charge is -2.16. The number of amides is 1. The average Bonchev–Trinajstić information content (AvgIpc) is 2.92. The predicted molar refractivity (Wildman–Crippen MR) is 52.8 cm³/mol. The maximum absolute atomic E-state index is 11.7. The molecule has 1 amide bonds. The Morgan fingerprint density at radius 1 is 1.71 bits per heavy atom. The van der Waals surface area contributed by atoms with Gasteiger partial charge in [-0.05, 0) is 19.8 Å². The van der Waals surface area contributed by atoms with Gasteiger partial charge in [0.05, 0.1) is 0 Å². The molecule has 4 heteroatoms. The van der Waals surface area contributed by atoms with Crippen molar-refractivity contribution in [3.8, 4) is 0 Å². The summed E-state index contributed by atoms with van der Waals surface area (Å²) in [6.07, 6.45) is 5.88.